The van der Waals surface area contributed by atoms with Crippen LogP contribution in [0.15, 0.2) is 52.9 Å². The van der Waals surface area contributed by atoms with Gasteiger partial charge >= 0.3 is 0 Å². The lowest BCUT2D eigenvalue weighted by molar-refractivity contribution is 0.361. The Kier molecular flexibility index (Phi) is 4.43. The number of hydrogen-bond donors (Lipinski definition) is 1. The standard InChI is InChI=1S/C18H16N4O2/c1-12(2)5-7-23-16-9-14(4-3-13(16)10-19)22-17-15-6-8-24-18(15)21-11-20-17/h3-6,8-9,11H,7H2,1-2H3,(H,20,21,22). The molecule has 0 bridgehead atoms. The van der Waals surface area contributed by atoms with Crippen LogP contribution in [-0.4, -0.2) is 16.6 Å². The molecule has 0 unspecified atom stereocenters. The molecule has 0 aliphatic heterocycles. The summed E-state index contributed by atoms with van der Waals surface area (Å²) in [6, 6.07) is 9.24. The summed E-state index contributed by atoms with van der Waals surface area (Å²) in [7, 11) is 0. The summed E-state index contributed by atoms with van der Waals surface area (Å²) in [6.45, 7) is 4.41. The van der Waals surface area contributed by atoms with Crippen LogP contribution in [0.3, 0.4) is 0 Å². The first-order chi connectivity index (χ1) is 11.7. The molecule has 0 spiro atoms. The SMILES string of the molecule is CC(C)=CCOc1cc(Nc2ncnc3occc23)ccc1C#N. The maximum atomic E-state index is 9.22. The number of anilines is 2. The monoisotopic (exact) mass is 320 g/mol. The predicted octanol–water partition coefficient (Wildman–Crippen LogP) is 4.18. The molecule has 24 heavy (non-hydrogen) atoms. The van der Waals surface area contributed by atoms with Crippen LogP contribution in [0.2, 0.25) is 0 Å². The summed E-state index contributed by atoms with van der Waals surface area (Å²) in [6.07, 6.45) is 4.96. The first-order valence-corrected chi connectivity index (χ1v) is 7.43. The third-order valence-electron chi connectivity index (χ3n) is 3.36. The van der Waals surface area contributed by atoms with Gasteiger partial charge in [-0.15, -0.1) is 0 Å². The molecule has 0 aliphatic carbocycles. The molecular weight excluding hydrogens is 304 g/mol. The molecule has 0 amide bonds. The van der Waals surface area contributed by atoms with Crippen molar-refractivity contribution in [1.29, 1.82) is 5.26 Å². The van der Waals surface area contributed by atoms with Crippen LogP contribution in [-0.2, 0) is 0 Å². The molecule has 0 fully saturated rings. The van der Waals surface area contributed by atoms with E-state index >= 15 is 0 Å². The van der Waals surface area contributed by atoms with E-state index in [0.29, 0.717) is 29.5 Å². The van der Waals surface area contributed by atoms with Crippen molar-refractivity contribution in [3.05, 3.63) is 54.1 Å². The molecule has 6 heteroatoms. The van der Waals surface area contributed by atoms with Crippen LogP contribution in [0.5, 0.6) is 5.75 Å². The van der Waals surface area contributed by atoms with E-state index in [2.05, 4.69) is 21.4 Å². The molecule has 0 radical (unpaired) electrons. The van der Waals surface area contributed by atoms with Crippen molar-refractivity contribution < 1.29 is 9.15 Å². The molecule has 6 nitrogen and oxygen atoms in total. The van der Waals surface area contributed by atoms with Gasteiger partial charge in [-0.2, -0.15) is 5.26 Å². The summed E-state index contributed by atoms with van der Waals surface area (Å²) < 4.78 is 11.0. The van der Waals surface area contributed by atoms with Crippen LogP contribution in [0, 0.1) is 11.3 Å². The van der Waals surface area contributed by atoms with Gasteiger partial charge in [0.1, 0.15) is 30.6 Å². The van der Waals surface area contributed by atoms with Crippen LogP contribution >= 0.6 is 0 Å². The Morgan fingerprint density at radius 2 is 2.21 bits per heavy atom. The number of nitrogens with one attached hydrogen (secondary N) is 1. The third-order valence-corrected chi connectivity index (χ3v) is 3.36. The number of nitrogens with zero attached hydrogens (tertiary/aromatic N) is 3. The van der Waals surface area contributed by atoms with Crippen molar-refractivity contribution >= 4 is 22.6 Å². The minimum Gasteiger partial charge on any atom is -0.488 e. The Morgan fingerprint density at radius 1 is 1.33 bits per heavy atom. The number of aromatic nitrogens is 2. The Hall–Kier alpha value is -3.33. The van der Waals surface area contributed by atoms with Crippen LogP contribution < -0.4 is 10.1 Å². The number of furan rings is 1. The van der Waals surface area contributed by atoms with E-state index < -0.39 is 0 Å². The van der Waals surface area contributed by atoms with E-state index in [-0.39, 0.29) is 0 Å². The van der Waals surface area contributed by atoms with Crippen LogP contribution in [0.25, 0.3) is 11.1 Å². The van der Waals surface area contributed by atoms with Crippen LogP contribution in [0.4, 0.5) is 11.5 Å². The molecule has 1 aromatic carbocycles. The maximum Gasteiger partial charge on any atom is 0.231 e. The van der Waals surface area contributed by atoms with Gasteiger partial charge in [0.2, 0.25) is 5.71 Å². The fourth-order valence-corrected chi connectivity index (χ4v) is 2.14. The summed E-state index contributed by atoms with van der Waals surface area (Å²) in [5.41, 5.74) is 2.92. The maximum absolute atomic E-state index is 9.22. The molecule has 0 aliphatic rings. The quantitative estimate of drug-likeness (QED) is 0.710. The van der Waals surface area contributed by atoms with E-state index in [4.69, 9.17) is 9.15 Å². The van der Waals surface area contributed by atoms with Gasteiger partial charge in [-0.25, -0.2) is 9.97 Å². The summed E-state index contributed by atoms with van der Waals surface area (Å²) in [5, 5.41) is 13.2. The fourth-order valence-electron chi connectivity index (χ4n) is 2.14. The number of nitriles is 1. The second-order valence-electron chi connectivity index (χ2n) is 5.40. The first kappa shape index (κ1) is 15.6. The largest absolute Gasteiger partial charge is 0.488 e. The Balaban J connectivity index is 1.87. The normalized spacial score (nSPS) is 10.2. The molecule has 0 atom stereocenters. The number of ether oxygens (including phenoxy) is 1. The number of allylic oxidation sites excluding steroid dienone is 1. The molecule has 1 N–H and O–H groups in total. The van der Waals surface area contributed by atoms with Gasteiger partial charge < -0.3 is 14.5 Å². The van der Waals surface area contributed by atoms with Gasteiger partial charge in [-0.1, -0.05) is 5.57 Å². The van der Waals surface area contributed by atoms with Crippen molar-refractivity contribution in [2.75, 3.05) is 11.9 Å². The fraction of sp³-hybridized carbons (Fsp3) is 0.167. The highest BCUT2D eigenvalue weighted by Gasteiger charge is 2.09. The zero-order valence-electron chi connectivity index (χ0n) is 13.4. The second kappa shape index (κ2) is 6.84. The number of benzene rings is 1. The Labute approximate surface area is 139 Å². The number of hydrogen-bond acceptors (Lipinski definition) is 6. The molecule has 3 rings (SSSR count). The Morgan fingerprint density at radius 3 is 3.00 bits per heavy atom. The van der Waals surface area contributed by atoms with Gasteiger partial charge in [0, 0.05) is 11.8 Å². The molecular formula is C18H16N4O2. The first-order valence-electron chi connectivity index (χ1n) is 7.43. The van der Waals surface area contributed by atoms with Crippen molar-refractivity contribution in [2.24, 2.45) is 0 Å². The summed E-state index contributed by atoms with van der Waals surface area (Å²) in [4.78, 5) is 8.29. The highest BCUT2D eigenvalue weighted by atomic mass is 16.5. The van der Waals surface area contributed by atoms with Gasteiger partial charge in [-0.3, -0.25) is 0 Å². The van der Waals surface area contributed by atoms with Crippen molar-refractivity contribution in [3.8, 4) is 11.8 Å². The Bertz CT molecular complexity index is 934. The molecule has 0 saturated carbocycles. The van der Waals surface area contributed by atoms with Gasteiger partial charge in [0.25, 0.3) is 0 Å². The predicted molar refractivity (Wildman–Crippen MR) is 91.2 cm³/mol. The smallest absolute Gasteiger partial charge is 0.231 e. The van der Waals surface area contributed by atoms with Crippen molar-refractivity contribution in [2.45, 2.75) is 13.8 Å². The summed E-state index contributed by atoms with van der Waals surface area (Å²) >= 11 is 0. The van der Waals surface area contributed by atoms with Crippen LogP contribution in [0.1, 0.15) is 19.4 Å². The van der Waals surface area contributed by atoms with E-state index in [1.165, 1.54) is 6.33 Å². The lowest BCUT2D eigenvalue weighted by Gasteiger charge is -2.10. The van der Waals surface area contributed by atoms with Gasteiger partial charge in [0.05, 0.1) is 17.2 Å². The second-order valence-corrected chi connectivity index (χ2v) is 5.40. The third kappa shape index (κ3) is 3.36. The average molecular weight is 320 g/mol. The van der Waals surface area contributed by atoms with Gasteiger partial charge in [0.15, 0.2) is 0 Å². The van der Waals surface area contributed by atoms with E-state index in [1.54, 1.807) is 30.5 Å². The number of rotatable bonds is 5. The average Bonchev–Trinajstić information content (AvgIpc) is 3.04. The molecule has 2 heterocycles. The zero-order valence-corrected chi connectivity index (χ0v) is 13.4. The lowest BCUT2D eigenvalue weighted by Crippen LogP contribution is -1.99. The van der Waals surface area contributed by atoms with Crippen molar-refractivity contribution in [3.63, 3.8) is 0 Å². The molecule has 3 aromatic rings. The minimum atomic E-state index is 0.417. The van der Waals surface area contributed by atoms with E-state index in [1.807, 2.05) is 19.9 Å². The molecule has 2 aromatic heterocycles. The van der Waals surface area contributed by atoms with E-state index in [9.17, 15) is 5.26 Å². The topological polar surface area (TPSA) is 84.0 Å². The van der Waals surface area contributed by atoms with Gasteiger partial charge in [-0.05, 0) is 38.1 Å². The lowest BCUT2D eigenvalue weighted by atomic mass is 10.2. The van der Waals surface area contributed by atoms with Crippen molar-refractivity contribution in [1.82, 2.24) is 9.97 Å². The molecule has 120 valence electrons. The number of fused-ring (bicyclic) bond motifs is 1. The zero-order chi connectivity index (χ0) is 16.9. The minimum absolute atomic E-state index is 0.417. The van der Waals surface area contributed by atoms with E-state index in [0.717, 1.165) is 16.6 Å². The highest BCUT2D eigenvalue weighted by molar-refractivity contribution is 5.87. The highest BCUT2D eigenvalue weighted by Crippen LogP contribution is 2.27. The summed E-state index contributed by atoms with van der Waals surface area (Å²) in [5.74, 6) is 1.16. The molecule has 0 saturated heterocycles.